The minimum Gasteiger partial charge on any atom is -0.411 e. The molecule has 2 heterocycles. The Kier molecular flexibility index (Phi) is 7.55. The van der Waals surface area contributed by atoms with Crippen molar-refractivity contribution in [3.63, 3.8) is 0 Å². The van der Waals surface area contributed by atoms with Gasteiger partial charge < -0.3 is 14.2 Å². The van der Waals surface area contributed by atoms with Crippen molar-refractivity contribution in [2.24, 2.45) is 5.92 Å². The molecule has 3 rings (SSSR count). The maximum atomic E-state index is 12.5. The highest BCUT2D eigenvalue weighted by molar-refractivity contribution is 7.99. The van der Waals surface area contributed by atoms with Gasteiger partial charge in [-0.1, -0.05) is 23.4 Å². The third-order valence-electron chi connectivity index (χ3n) is 5.09. The number of likely N-dealkylation sites (tertiary alicyclic amines) is 1. The van der Waals surface area contributed by atoms with E-state index >= 15 is 0 Å². The van der Waals surface area contributed by atoms with Gasteiger partial charge in [0.25, 0.3) is 5.22 Å². The van der Waals surface area contributed by atoms with Crippen molar-refractivity contribution >= 4 is 35.2 Å². The average Bonchev–Trinajstić information content (AvgIpc) is 3.22. The molecule has 7 nitrogen and oxygen atoms in total. The van der Waals surface area contributed by atoms with Crippen LogP contribution < -0.4 is 0 Å². The minimum absolute atomic E-state index is 0.0180. The van der Waals surface area contributed by atoms with Gasteiger partial charge in [0.05, 0.1) is 5.75 Å². The Morgan fingerprint density at radius 2 is 1.83 bits per heavy atom. The Hall–Kier alpha value is -2.06. The molecule has 156 valence electrons. The van der Waals surface area contributed by atoms with E-state index in [0.717, 1.165) is 18.7 Å². The molecule has 1 aliphatic rings. The van der Waals surface area contributed by atoms with E-state index < -0.39 is 0 Å². The molecule has 1 saturated heterocycles. The van der Waals surface area contributed by atoms with Gasteiger partial charge in [0.2, 0.25) is 17.7 Å². The topological polar surface area (TPSA) is 79.5 Å². The minimum atomic E-state index is 0.0180. The SMILES string of the molecule is CCN(CC)C(=O)C1CCN(C(=O)CSc2nnc(-c3ccc(Cl)cc3)o2)CC1. The van der Waals surface area contributed by atoms with Crippen LogP contribution in [-0.4, -0.2) is 63.7 Å². The van der Waals surface area contributed by atoms with E-state index in [-0.39, 0.29) is 23.5 Å². The monoisotopic (exact) mass is 436 g/mol. The Labute approximate surface area is 179 Å². The second-order valence-electron chi connectivity index (χ2n) is 6.83. The van der Waals surface area contributed by atoms with E-state index in [1.54, 1.807) is 24.3 Å². The molecular weight excluding hydrogens is 412 g/mol. The molecule has 1 aromatic heterocycles. The van der Waals surface area contributed by atoms with Crippen molar-refractivity contribution in [1.82, 2.24) is 20.0 Å². The van der Waals surface area contributed by atoms with Crippen molar-refractivity contribution in [3.05, 3.63) is 29.3 Å². The van der Waals surface area contributed by atoms with Crippen LogP contribution in [0.4, 0.5) is 0 Å². The molecule has 0 bridgehead atoms. The highest BCUT2D eigenvalue weighted by Gasteiger charge is 2.29. The summed E-state index contributed by atoms with van der Waals surface area (Å²) in [6.07, 6.45) is 1.43. The molecule has 1 aliphatic heterocycles. The molecule has 2 amide bonds. The van der Waals surface area contributed by atoms with E-state index in [2.05, 4.69) is 10.2 Å². The summed E-state index contributed by atoms with van der Waals surface area (Å²) in [5, 5.41) is 9.01. The summed E-state index contributed by atoms with van der Waals surface area (Å²) in [6, 6.07) is 7.12. The van der Waals surface area contributed by atoms with E-state index in [4.69, 9.17) is 16.0 Å². The normalized spacial score (nSPS) is 14.8. The molecular formula is C20H25ClN4O3S. The van der Waals surface area contributed by atoms with Crippen LogP contribution in [0.5, 0.6) is 0 Å². The average molecular weight is 437 g/mol. The van der Waals surface area contributed by atoms with E-state index in [0.29, 0.717) is 42.1 Å². The second-order valence-corrected chi connectivity index (χ2v) is 8.20. The number of rotatable bonds is 7. The van der Waals surface area contributed by atoms with Crippen molar-refractivity contribution in [2.45, 2.75) is 31.9 Å². The summed E-state index contributed by atoms with van der Waals surface area (Å²) in [5.74, 6) is 0.876. The lowest BCUT2D eigenvalue weighted by molar-refractivity contribution is -0.139. The summed E-state index contributed by atoms with van der Waals surface area (Å²) >= 11 is 7.11. The van der Waals surface area contributed by atoms with Gasteiger partial charge in [0.15, 0.2) is 0 Å². The molecule has 0 aliphatic carbocycles. The van der Waals surface area contributed by atoms with Crippen LogP contribution in [0.15, 0.2) is 33.9 Å². The van der Waals surface area contributed by atoms with Crippen molar-refractivity contribution in [2.75, 3.05) is 31.9 Å². The van der Waals surface area contributed by atoms with Gasteiger partial charge in [-0.25, -0.2) is 0 Å². The number of aromatic nitrogens is 2. The van der Waals surface area contributed by atoms with Gasteiger partial charge in [-0.05, 0) is 51.0 Å². The fourth-order valence-corrected chi connectivity index (χ4v) is 4.15. The highest BCUT2D eigenvalue weighted by Crippen LogP contribution is 2.25. The molecule has 0 atom stereocenters. The lowest BCUT2D eigenvalue weighted by atomic mass is 9.95. The summed E-state index contributed by atoms with van der Waals surface area (Å²) < 4.78 is 5.62. The van der Waals surface area contributed by atoms with Crippen molar-refractivity contribution in [1.29, 1.82) is 0 Å². The van der Waals surface area contributed by atoms with Gasteiger partial charge in [-0.3, -0.25) is 9.59 Å². The fourth-order valence-electron chi connectivity index (χ4n) is 3.36. The smallest absolute Gasteiger partial charge is 0.277 e. The Morgan fingerprint density at radius 1 is 1.17 bits per heavy atom. The molecule has 29 heavy (non-hydrogen) atoms. The van der Waals surface area contributed by atoms with Crippen LogP contribution >= 0.6 is 23.4 Å². The van der Waals surface area contributed by atoms with Gasteiger partial charge in [-0.15, -0.1) is 10.2 Å². The zero-order chi connectivity index (χ0) is 20.8. The van der Waals surface area contributed by atoms with Crippen LogP contribution in [0.25, 0.3) is 11.5 Å². The number of piperidine rings is 1. The Bertz CT molecular complexity index is 831. The van der Waals surface area contributed by atoms with Gasteiger partial charge in [-0.2, -0.15) is 0 Å². The standard InChI is InChI=1S/C20H25ClN4O3S/c1-3-24(4-2)19(27)15-9-11-25(12-10-15)17(26)13-29-20-23-22-18(28-20)14-5-7-16(21)8-6-14/h5-8,15H,3-4,9-13H2,1-2H3. The van der Waals surface area contributed by atoms with Crippen molar-refractivity contribution in [3.8, 4) is 11.5 Å². The lowest BCUT2D eigenvalue weighted by Gasteiger charge is -2.33. The summed E-state index contributed by atoms with van der Waals surface area (Å²) in [4.78, 5) is 28.7. The van der Waals surface area contributed by atoms with Crippen LogP contribution in [0.1, 0.15) is 26.7 Å². The third kappa shape index (κ3) is 5.51. The molecule has 2 aromatic rings. The highest BCUT2D eigenvalue weighted by atomic mass is 35.5. The van der Waals surface area contributed by atoms with E-state index in [1.165, 1.54) is 11.8 Å². The Morgan fingerprint density at radius 3 is 2.45 bits per heavy atom. The molecule has 0 spiro atoms. The molecule has 0 N–H and O–H groups in total. The predicted molar refractivity (Wildman–Crippen MR) is 113 cm³/mol. The third-order valence-corrected chi connectivity index (χ3v) is 6.14. The number of benzene rings is 1. The molecule has 9 heteroatoms. The number of carbonyl (C=O) groups is 2. The molecule has 1 fully saturated rings. The predicted octanol–water partition coefficient (Wildman–Crippen LogP) is 3.59. The first-order chi connectivity index (χ1) is 14.0. The summed E-state index contributed by atoms with van der Waals surface area (Å²) in [6.45, 7) is 6.66. The lowest BCUT2D eigenvalue weighted by Crippen LogP contribution is -2.44. The Balaban J connectivity index is 1.47. The largest absolute Gasteiger partial charge is 0.411 e. The maximum absolute atomic E-state index is 12.5. The summed E-state index contributed by atoms with van der Waals surface area (Å²) in [7, 11) is 0. The van der Waals surface area contributed by atoms with Gasteiger partial charge >= 0.3 is 0 Å². The first-order valence-corrected chi connectivity index (χ1v) is 11.2. The van der Waals surface area contributed by atoms with Crippen LogP contribution in [-0.2, 0) is 9.59 Å². The van der Waals surface area contributed by atoms with E-state index in [1.807, 2.05) is 23.6 Å². The number of halogens is 1. The fraction of sp³-hybridized carbons (Fsp3) is 0.500. The van der Waals surface area contributed by atoms with Crippen LogP contribution in [0, 0.1) is 5.92 Å². The quantitative estimate of drug-likeness (QED) is 0.617. The van der Waals surface area contributed by atoms with Gasteiger partial charge in [0.1, 0.15) is 0 Å². The molecule has 0 unspecified atom stereocenters. The molecule has 0 radical (unpaired) electrons. The number of hydrogen-bond acceptors (Lipinski definition) is 6. The maximum Gasteiger partial charge on any atom is 0.277 e. The first-order valence-electron chi connectivity index (χ1n) is 9.80. The molecule has 1 aromatic carbocycles. The van der Waals surface area contributed by atoms with E-state index in [9.17, 15) is 9.59 Å². The number of hydrogen-bond donors (Lipinski definition) is 0. The van der Waals surface area contributed by atoms with Gasteiger partial charge in [0, 0.05) is 42.7 Å². The first kappa shape index (κ1) is 21.6. The number of carbonyl (C=O) groups excluding carboxylic acids is 2. The van der Waals surface area contributed by atoms with Crippen LogP contribution in [0.2, 0.25) is 5.02 Å². The summed E-state index contributed by atoms with van der Waals surface area (Å²) in [5.41, 5.74) is 0.778. The number of thioether (sulfide) groups is 1. The van der Waals surface area contributed by atoms with Crippen LogP contribution in [0.3, 0.4) is 0 Å². The second kappa shape index (κ2) is 10.1. The zero-order valence-corrected chi connectivity index (χ0v) is 18.2. The molecule has 0 saturated carbocycles. The zero-order valence-electron chi connectivity index (χ0n) is 16.6. The van der Waals surface area contributed by atoms with Crippen molar-refractivity contribution < 1.29 is 14.0 Å². The number of amides is 2. The number of nitrogens with zero attached hydrogens (tertiary/aromatic N) is 4.